The Bertz CT molecular complexity index is 1880. The Labute approximate surface area is 198 Å². The minimum absolute atomic E-state index is 0.0883. The summed E-state index contributed by atoms with van der Waals surface area (Å²) in [4.78, 5) is -2.12. The van der Waals surface area contributed by atoms with E-state index in [1.54, 1.807) is 6.07 Å². The Kier molecular flexibility index (Phi) is 5.87. The molecule has 4 N–H and O–H groups in total. The Balaban J connectivity index is 2.01. The van der Waals surface area contributed by atoms with Crippen LogP contribution in [0.4, 0.5) is 11.4 Å². The molecule has 0 heterocycles. The van der Waals surface area contributed by atoms with Crippen molar-refractivity contribution in [3.8, 4) is 5.75 Å². The van der Waals surface area contributed by atoms with Gasteiger partial charge in [-0.15, -0.1) is 10.2 Å². The maximum atomic E-state index is 11.9. The first kappa shape index (κ1) is 24.6. The van der Waals surface area contributed by atoms with Crippen LogP contribution in [0.3, 0.4) is 0 Å². The molecule has 0 saturated heterocycles. The summed E-state index contributed by atoms with van der Waals surface area (Å²) in [5.41, 5.74) is -0.314. The molecule has 0 radical (unpaired) electrons. The molecule has 0 fully saturated rings. The predicted octanol–water partition coefficient (Wildman–Crippen LogP) is 3.85. The molecule has 12 nitrogen and oxygen atoms in total. The van der Waals surface area contributed by atoms with Gasteiger partial charge < -0.3 is 5.11 Å². The summed E-state index contributed by atoms with van der Waals surface area (Å²) in [7, 11) is -14.5. The summed E-state index contributed by atoms with van der Waals surface area (Å²) in [6.07, 6.45) is 0. The highest BCUT2D eigenvalue weighted by Gasteiger charge is 2.23. The van der Waals surface area contributed by atoms with Crippen LogP contribution >= 0.6 is 0 Å². The topological polar surface area (TPSA) is 208 Å². The van der Waals surface area contributed by atoms with Crippen molar-refractivity contribution in [2.24, 2.45) is 10.2 Å². The second-order valence-electron chi connectivity index (χ2n) is 7.20. The zero-order chi connectivity index (χ0) is 25.8. The third-order valence-electron chi connectivity index (χ3n) is 4.99. The zero-order valence-corrected chi connectivity index (χ0v) is 19.6. The van der Waals surface area contributed by atoms with Gasteiger partial charge in [0.2, 0.25) is 0 Å². The van der Waals surface area contributed by atoms with Crippen LogP contribution in [0.5, 0.6) is 5.75 Å². The number of azo groups is 1. The fourth-order valence-electron chi connectivity index (χ4n) is 3.49. The largest absolute Gasteiger partial charge is 0.506 e. The van der Waals surface area contributed by atoms with E-state index >= 15 is 0 Å². The summed E-state index contributed by atoms with van der Waals surface area (Å²) in [6, 6.07) is 11.8. The standard InChI is InChI=1S/C20H14N2O10S3/c23-17-7-5-14-15(9-11(33(24,25)26)10-19(14)35(30,31)32)20(17)22-21-16-6-8-18(34(27,28)29)13-4-2-1-3-12(13)16/h1-10,23H,(H,24,25,26)(H,27,28,29)(H,30,31,32). The van der Waals surface area contributed by atoms with Gasteiger partial charge in [0.05, 0.1) is 10.6 Å². The molecule has 0 saturated carbocycles. The van der Waals surface area contributed by atoms with E-state index in [0.29, 0.717) is 6.07 Å². The molecule has 0 spiro atoms. The summed E-state index contributed by atoms with van der Waals surface area (Å²) >= 11 is 0. The molecule has 182 valence electrons. The minimum atomic E-state index is -4.97. The lowest BCUT2D eigenvalue weighted by Gasteiger charge is -2.10. The average Bonchev–Trinajstić information content (AvgIpc) is 2.75. The lowest BCUT2D eigenvalue weighted by molar-refractivity contribution is 0.475. The number of phenolic OH excluding ortho intramolecular Hbond substituents is 1. The maximum absolute atomic E-state index is 11.9. The molecule has 0 aliphatic carbocycles. The number of fused-ring (bicyclic) bond motifs is 2. The normalized spacial score (nSPS) is 13.1. The first-order valence-electron chi connectivity index (χ1n) is 9.33. The second kappa shape index (κ2) is 8.33. The van der Waals surface area contributed by atoms with Crippen LogP contribution in [0.25, 0.3) is 21.5 Å². The fraction of sp³-hybridized carbons (Fsp3) is 0. The van der Waals surface area contributed by atoms with Gasteiger partial charge in [0.25, 0.3) is 30.4 Å². The van der Waals surface area contributed by atoms with E-state index in [1.165, 1.54) is 24.3 Å². The molecule has 0 unspecified atom stereocenters. The smallest absolute Gasteiger partial charge is 0.295 e. The van der Waals surface area contributed by atoms with Crippen molar-refractivity contribution in [2.45, 2.75) is 14.7 Å². The molecule has 0 atom stereocenters. The minimum Gasteiger partial charge on any atom is -0.506 e. The van der Waals surface area contributed by atoms with Crippen molar-refractivity contribution in [1.82, 2.24) is 0 Å². The predicted molar refractivity (Wildman–Crippen MR) is 123 cm³/mol. The molecule has 0 aromatic heterocycles. The number of benzene rings is 4. The summed E-state index contributed by atoms with van der Waals surface area (Å²) in [6.45, 7) is 0. The number of hydrogen-bond donors (Lipinski definition) is 4. The van der Waals surface area contributed by atoms with E-state index in [2.05, 4.69) is 10.2 Å². The molecule has 4 aromatic carbocycles. The van der Waals surface area contributed by atoms with Crippen molar-refractivity contribution in [3.63, 3.8) is 0 Å². The van der Waals surface area contributed by atoms with Crippen molar-refractivity contribution in [2.75, 3.05) is 0 Å². The van der Waals surface area contributed by atoms with Gasteiger partial charge in [-0.05, 0) is 36.4 Å². The van der Waals surface area contributed by atoms with Gasteiger partial charge in [-0.2, -0.15) is 25.3 Å². The number of nitrogens with zero attached hydrogens (tertiary/aromatic N) is 2. The van der Waals surface area contributed by atoms with Crippen LogP contribution in [0.1, 0.15) is 0 Å². The van der Waals surface area contributed by atoms with E-state index in [1.807, 2.05) is 0 Å². The van der Waals surface area contributed by atoms with E-state index < -0.39 is 51.6 Å². The zero-order valence-electron chi connectivity index (χ0n) is 17.1. The highest BCUT2D eigenvalue weighted by atomic mass is 32.2. The number of rotatable bonds is 5. The van der Waals surface area contributed by atoms with Crippen molar-refractivity contribution < 1.29 is 44.0 Å². The van der Waals surface area contributed by atoms with Crippen molar-refractivity contribution in [3.05, 3.63) is 60.7 Å². The van der Waals surface area contributed by atoms with Crippen LogP contribution in [0, 0.1) is 0 Å². The molecule has 0 aliphatic rings. The molecule has 4 aromatic rings. The maximum Gasteiger partial charge on any atom is 0.295 e. The molecule has 15 heteroatoms. The van der Waals surface area contributed by atoms with Crippen LogP contribution in [0.15, 0.2) is 85.6 Å². The van der Waals surface area contributed by atoms with Gasteiger partial charge in [-0.25, -0.2) is 0 Å². The molecular formula is C20H14N2O10S3. The first-order chi connectivity index (χ1) is 16.2. The van der Waals surface area contributed by atoms with Gasteiger partial charge >= 0.3 is 0 Å². The van der Waals surface area contributed by atoms with E-state index in [0.717, 1.165) is 24.3 Å². The summed E-state index contributed by atoms with van der Waals surface area (Å²) in [5, 5.41) is 18.1. The Morgan fingerprint density at radius 1 is 0.571 bits per heavy atom. The lowest BCUT2D eigenvalue weighted by Crippen LogP contribution is -2.04. The van der Waals surface area contributed by atoms with Crippen LogP contribution < -0.4 is 0 Å². The van der Waals surface area contributed by atoms with Crippen LogP contribution in [-0.4, -0.2) is 44.0 Å². The number of phenols is 1. The molecule has 4 rings (SSSR count). The van der Waals surface area contributed by atoms with E-state index in [4.69, 9.17) is 0 Å². The SMILES string of the molecule is O=S(=O)(O)c1cc(S(=O)(=O)O)c2ccc(O)c(N=Nc3ccc(S(=O)(=O)O)c4ccccc34)c2c1. The van der Waals surface area contributed by atoms with Crippen LogP contribution in [0.2, 0.25) is 0 Å². The van der Waals surface area contributed by atoms with Gasteiger partial charge in [0.1, 0.15) is 21.2 Å². The van der Waals surface area contributed by atoms with Gasteiger partial charge in [0, 0.05) is 21.5 Å². The van der Waals surface area contributed by atoms with Crippen molar-refractivity contribution in [1.29, 1.82) is 0 Å². The first-order valence-corrected chi connectivity index (χ1v) is 13.7. The highest BCUT2D eigenvalue weighted by Crippen LogP contribution is 2.41. The second-order valence-corrected chi connectivity index (χ2v) is 11.4. The highest BCUT2D eigenvalue weighted by molar-refractivity contribution is 7.87. The third-order valence-corrected chi connectivity index (χ3v) is 7.63. The van der Waals surface area contributed by atoms with Crippen LogP contribution in [-0.2, 0) is 30.4 Å². The summed E-state index contributed by atoms with van der Waals surface area (Å²) < 4.78 is 98.9. The quantitative estimate of drug-likeness (QED) is 0.213. The molecule has 0 amide bonds. The monoisotopic (exact) mass is 538 g/mol. The lowest BCUT2D eigenvalue weighted by atomic mass is 10.1. The number of hydrogen-bond acceptors (Lipinski definition) is 9. The number of aromatic hydroxyl groups is 1. The Morgan fingerprint density at radius 3 is 1.77 bits per heavy atom. The van der Waals surface area contributed by atoms with Gasteiger partial charge in [-0.1, -0.05) is 24.3 Å². The summed E-state index contributed by atoms with van der Waals surface area (Å²) in [5.74, 6) is -0.547. The molecular weight excluding hydrogens is 524 g/mol. The fourth-order valence-corrected chi connectivity index (χ4v) is 5.52. The van der Waals surface area contributed by atoms with Crippen molar-refractivity contribution >= 4 is 63.3 Å². The molecule has 35 heavy (non-hydrogen) atoms. The van der Waals surface area contributed by atoms with Gasteiger partial charge in [-0.3, -0.25) is 13.7 Å². The van der Waals surface area contributed by atoms with E-state index in [-0.39, 0.29) is 32.1 Å². The Hall–Kier alpha value is -3.47. The van der Waals surface area contributed by atoms with E-state index in [9.17, 15) is 44.0 Å². The molecule has 0 aliphatic heterocycles. The molecule has 0 bridgehead atoms. The van der Waals surface area contributed by atoms with Gasteiger partial charge in [0.15, 0.2) is 0 Å². The Morgan fingerprint density at radius 2 is 1.17 bits per heavy atom. The third kappa shape index (κ3) is 4.72. The average molecular weight is 539 g/mol.